The maximum absolute atomic E-state index is 14.1. The van der Waals surface area contributed by atoms with Crippen molar-refractivity contribution in [1.29, 1.82) is 0 Å². The number of carbonyl (C=O) groups is 1. The van der Waals surface area contributed by atoms with E-state index in [1.54, 1.807) is 66.7 Å². The van der Waals surface area contributed by atoms with E-state index in [9.17, 15) is 49.4 Å². The number of rotatable bonds is 16. The van der Waals surface area contributed by atoms with Crippen LogP contribution in [0.3, 0.4) is 0 Å². The predicted molar refractivity (Wildman–Crippen MR) is 223 cm³/mol. The molecule has 12 N–H and O–H groups in total. The number of unbranched alkanes of at least 4 members (excludes halogenated alkanes) is 1. The fourth-order valence-electron chi connectivity index (χ4n) is 7.65. The van der Waals surface area contributed by atoms with Gasteiger partial charge in [-0.1, -0.05) is 69.2 Å². The third kappa shape index (κ3) is 12.9. The standard InChI is InChI=1S/C38H51N3O15S3.2H3N/c1-5-7-18-38(6-2)23-57(45,46)30-17-16-27(41(3)4)20-28(30)31(35(38)43)25-14-11-15-26(19-25)39-37(44)40-36-32(42)34(53-21-24-12-9-8-10-13-24)33(56-59(50,51)52)29(55-36)22-54-58(47,48)49;;/h8-17,19-20,29,31-36,42-43H,5-7,18,21-23H2,1-4H3,(H2,39,40,44)(H,47,48,49)(H,50,51,52);2*1H3/t29-,31-,32-,33-,34-,35-,36-,38-;;/m1../s1. The van der Waals surface area contributed by atoms with Gasteiger partial charge in [-0.25, -0.2) is 30.0 Å². The maximum atomic E-state index is 14.1. The van der Waals surface area contributed by atoms with Crippen molar-refractivity contribution in [3.8, 4) is 0 Å². The summed E-state index contributed by atoms with van der Waals surface area (Å²) >= 11 is 0. The Hall–Kier alpha value is -3.82. The minimum Gasteiger partial charge on any atom is -0.726 e. The topological polar surface area (TPSA) is 343 Å². The van der Waals surface area contributed by atoms with Gasteiger partial charge in [0.2, 0.25) is 20.8 Å². The van der Waals surface area contributed by atoms with E-state index in [0.29, 0.717) is 41.6 Å². The summed E-state index contributed by atoms with van der Waals surface area (Å²) in [5, 5.41) is 28.7. The highest BCUT2D eigenvalue weighted by Crippen LogP contribution is 2.49. The number of amides is 2. The third-order valence-electron chi connectivity index (χ3n) is 10.7. The van der Waals surface area contributed by atoms with Gasteiger partial charge in [0, 0.05) is 36.8 Å². The molecule has 1 fully saturated rings. The number of quaternary nitrogens is 2. The molecule has 2 aliphatic heterocycles. The summed E-state index contributed by atoms with van der Waals surface area (Å²) in [5.74, 6) is -1.12. The van der Waals surface area contributed by atoms with Crippen molar-refractivity contribution in [3.05, 3.63) is 89.5 Å². The Balaban J connectivity index is 0.00000496. The number of urea groups is 1. The van der Waals surface area contributed by atoms with Gasteiger partial charge in [0.25, 0.3) is 0 Å². The number of anilines is 2. The number of ether oxygens (including phenoxy) is 2. The van der Waals surface area contributed by atoms with Crippen LogP contribution in [0.1, 0.15) is 62.1 Å². The van der Waals surface area contributed by atoms with Crippen LogP contribution in [0.15, 0.2) is 77.7 Å². The Bertz CT molecular complexity index is 2270. The number of sulfone groups is 1. The van der Waals surface area contributed by atoms with Crippen LogP contribution in [0.2, 0.25) is 0 Å². The van der Waals surface area contributed by atoms with E-state index in [4.69, 9.17) is 9.47 Å². The van der Waals surface area contributed by atoms with E-state index in [1.165, 1.54) is 6.07 Å². The molecule has 2 amide bonds. The molecule has 20 nitrogen and oxygen atoms in total. The predicted octanol–water partition coefficient (Wildman–Crippen LogP) is 3.49. The van der Waals surface area contributed by atoms with Crippen molar-refractivity contribution in [2.24, 2.45) is 5.41 Å². The molecule has 0 aliphatic carbocycles. The maximum Gasteiger partial charge on any atom is 0.321 e. The first-order valence-corrected chi connectivity index (χ1v) is 23.1. The molecule has 342 valence electrons. The number of hydrogen-bond donors (Lipinski definition) is 6. The Morgan fingerprint density at radius 2 is 1.64 bits per heavy atom. The molecular weight excluding hydrogens is 863 g/mol. The number of aliphatic hydroxyl groups excluding tert-OH is 2. The van der Waals surface area contributed by atoms with Gasteiger partial charge in [-0.05, 0) is 59.9 Å². The number of nitrogens with one attached hydrogen (secondary N) is 2. The molecule has 0 radical (unpaired) electrons. The first-order chi connectivity index (χ1) is 27.7. The van der Waals surface area contributed by atoms with Gasteiger partial charge >= 0.3 is 6.03 Å². The van der Waals surface area contributed by atoms with Crippen molar-refractivity contribution in [2.75, 3.05) is 36.7 Å². The Morgan fingerprint density at radius 3 is 2.25 bits per heavy atom. The molecule has 0 aromatic heterocycles. The van der Waals surface area contributed by atoms with Gasteiger partial charge in [0.1, 0.15) is 24.4 Å². The van der Waals surface area contributed by atoms with Crippen LogP contribution in [-0.2, 0) is 55.1 Å². The van der Waals surface area contributed by atoms with Gasteiger partial charge in [0.05, 0.1) is 30.0 Å². The van der Waals surface area contributed by atoms with Crippen LogP contribution in [-0.4, -0.2) is 114 Å². The number of benzene rings is 3. The minimum atomic E-state index is -5.55. The van der Waals surface area contributed by atoms with Crippen molar-refractivity contribution >= 4 is 48.0 Å². The highest BCUT2D eigenvalue weighted by atomic mass is 32.3. The summed E-state index contributed by atoms with van der Waals surface area (Å²) in [6.07, 6.45) is -8.36. The Labute approximate surface area is 356 Å². The lowest BCUT2D eigenvalue weighted by molar-refractivity contribution is -0.240. The van der Waals surface area contributed by atoms with Gasteiger partial charge < -0.3 is 56.6 Å². The number of aliphatic hydroxyl groups is 2. The van der Waals surface area contributed by atoms with Gasteiger partial charge in [-0.15, -0.1) is 0 Å². The highest BCUT2D eigenvalue weighted by molar-refractivity contribution is 7.91. The lowest BCUT2D eigenvalue weighted by atomic mass is 9.69. The largest absolute Gasteiger partial charge is 0.726 e. The SMILES string of the molecule is CCCC[C@]1(CC)CS(=O)(=O)c2ccc(N(C)C)cc2[C@@H](c2cccc(NC(=O)N[C@@H]3O[C@H](COS(=O)(=O)[O-])[C@@H](OS(=O)(=O)[O-])[C@H](OCc4ccccc4)[C@H]3O)c2)[C@H]1O.[NH4+].[NH4+]. The van der Waals surface area contributed by atoms with E-state index in [1.807, 2.05) is 32.8 Å². The Morgan fingerprint density at radius 1 is 0.951 bits per heavy atom. The molecule has 0 unspecified atom stereocenters. The fraction of sp³-hybridized carbons (Fsp3) is 0.500. The summed E-state index contributed by atoms with van der Waals surface area (Å²) in [7, 11) is -11.2. The van der Waals surface area contributed by atoms with Gasteiger partial charge in [-0.3, -0.25) is 8.37 Å². The molecule has 2 heterocycles. The second-order valence-electron chi connectivity index (χ2n) is 14.9. The number of fused-ring (bicyclic) bond motifs is 1. The quantitative estimate of drug-likeness (QED) is 0.0884. The van der Waals surface area contributed by atoms with Crippen LogP contribution in [0.5, 0.6) is 0 Å². The summed E-state index contributed by atoms with van der Waals surface area (Å²) in [6, 6.07) is 18.7. The molecular formula is C38H57N5O15S3. The molecule has 0 saturated carbocycles. The molecule has 23 heteroatoms. The zero-order valence-electron chi connectivity index (χ0n) is 34.8. The van der Waals surface area contributed by atoms with E-state index < -0.39 is 91.4 Å². The minimum absolute atomic E-state index is 0. The normalized spacial score (nSPS) is 26.1. The van der Waals surface area contributed by atoms with Crippen molar-refractivity contribution in [3.63, 3.8) is 0 Å². The van der Waals surface area contributed by atoms with Crippen LogP contribution >= 0.6 is 0 Å². The van der Waals surface area contributed by atoms with E-state index in [2.05, 4.69) is 19.0 Å². The smallest absolute Gasteiger partial charge is 0.321 e. The number of carbonyl (C=O) groups excluding carboxylic acids is 1. The van der Waals surface area contributed by atoms with Crippen LogP contribution in [0, 0.1) is 5.41 Å². The van der Waals surface area contributed by atoms with Crippen LogP contribution in [0.25, 0.3) is 0 Å². The molecule has 3 aromatic rings. The van der Waals surface area contributed by atoms with Crippen LogP contribution < -0.4 is 27.8 Å². The first-order valence-electron chi connectivity index (χ1n) is 18.8. The summed E-state index contributed by atoms with van der Waals surface area (Å²) in [5.41, 5.74) is 1.27. The molecule has 0 bridgehead atoms. The molecule has 5 rings (SSSR count). The average molecular weight is 920 g/mol. The number of nitrogens with zero attached hydrogens (tertiary/aromatic N) is 1. The summed E-state index contributed by atoms with van der Waals surface area (Å²) < 4.78 is 118. The van der Waals surface area contributed by atoms with Crippen molar-refractivity contribution < 1.29 is 67.2 Å². The molecule has 2 aliphatic rings. The second kappa shape index (κ2) is 21.0. The number of hydrogen-bond acceptors (Lipinski definition) is 16. The zero-order chi connectivity index (χ0) is 43.3. The lowest BCUT2D eigenvalue weighted by Gasteiger charge is -2.44. The van der Waals surface area contributed by atoms with Crippen LogP contribution in [0.4, 0.5) is 16.2 Å². The first kappa shape index (κ1) is 51.5. The van der Waals surface area contributed by atoms with Gasteiger partial charge in [-0.2, -0.15) is 0 Å². The lowest BCUT2D eigenvalue weighted by Crippen LogP contribution is -2.65. The van der Waals surface area contributed by atoms with Crippen molar-refractivity contribution in [1.82, 2.24) is 17.6 Å². The second-order valence-corrected chi connectivity index (χ2v) is 18.9. The molecule has 1 saturated heterocycles. The van der Waals surface area contributed by atoms with Gasteiger partial charge in [0.15, 0.2) is 16.1 Å². The molecule has 8 atom stereocenters. The average Bonchev–Trinajstić information content (AvgIpc) is 3.23. The molecule has 3 aromatic carbocycles. The monoisotopic (exact) mass is 919 g/mol. The highest BCUT2D eigenvalue weighted by Gasteiger charge is 2.50. The molecule has 0 spiro atoms. The zero-order valence-corrected chi connectivity index (χ0v) is 37.2. The third-order valence-corrected chi connectivity index (χ3v) is 13.5. The fourth-order valence-corrected chi connectivity index (χ4v) is 10.7. The Kier molecular flexibility index (Phi) is 17.8. The molecule has 61 heavy (non-hydrogen) atoms. The van der Waals surface area contributed by atoms with E-state index in [0.717, 1.165) is 6.42 Å². The summed E-state index contributed by atoms with van der Waals surface area (Å²) in [6.45, 7) is 2.36. The summed E-state index contributed by atoms with van der Waals surface area (Å²) in [4.78, 5) is 15.5. The van der Waals surface area contributed by atoms with E-state index in [-0.39, 0.29) is 35.2 Å². The van der Waals surface area contributed by atoms with E-state index >= 15 is 0 Å². The van der Waals surface area contributed by atoms with Crippen molar-refractivity contribution in [2.45, 2.75) is 93.7 Å².